The Morgan fingerprint density at radius 2 is 1.76 bits per heavy atom. The molecule has 1 heterocycles. The minimum absolute atomic E-state index is 0.0358. The molecule has 0 radical (unpaired) electrons. The number of methoxy groups -OCH3 is 1. The predicted molar refractivity (Wildman–Crippen MR) is 183 cm³/mol. The summed E-state index contributed by atoms with van der Waals surface area (Å²) in [5.41, 5.74) is -0.366. The first-order valence-electron chi connectivity index (χ1n) is 17.3. The van der Waals surface area contributed by atoms with Gasteiger partial charge in [0.25, 0.3) is 0 Å². The number of ether oxygens (including phenoxy) is 4. The molecule has 264 valence electrons. The normalized spacial score (nSPS) is 19.7. The Balaban J connectivity index is 2.44. The number of aliphatic hydroxyl groups excluding tert-OH is 1. The van der Waals surface area contributed by atoms with Crippen LogP contribution in [0.1, 0.15) is 125 Å². The molecule has 1 aromatic carbocycles. The van der Waals surface area contributed by atoms with E-state index in [0.29, 0.717) is 19.6 Å². The van der Waals surface area contributed by atoms with Gasteiger partial charge in [0.05, 0.1) is 24.9 Å². The maximum absolute atomic E-state index is 13.7. The van der Waals surface area contributed by atoms with Crippen molar-refractivity contribution in [1.82, 2.24) is 10.2 Å². The van der Waals surface area contributed by atoms with E-state index in [4.69, 9.17) is 18.9 Å². The average Bonchev–Trinajstić information content (AvgIpc) is 3.22. The van der Waals surface area contributed by atoms with Gasteiger partial charge in [0.1, 0.15) is 17.1 Å². The largest absolute Gasteiger partial charge is 0.493 e. The molecule has 0 saturated carbocycles. The summed E-state index contributed by atoms with van der Waals surface area (Å²) in [4.78, 5) is 28.7. The molecule has 2 rings (SSSR count). The maximum Gasteiger partial charge on any atom is 0.412 e. The van der Waals surface area contributed by atoms with Crippen LogP contribution < -0.4 is 10.1 Å². The van der Waals surface area contributed by atoms with Gasteiger partial charge in [-0.05, 0) is 82.9 Å². The Morgan fingerprint density at radius 1 is 1.09 bits per heavy atom. The fourth-order valence-corrected chi connectivity index (χ4v) is 6.20. The van der Waals surface area contributed by atoms with E-state index in [1.54, 1.807) is 12.0 Å². The summed E-state index contributed by atoms with van der Waals surface area (Å²) < 4.78 is 23.7. The van der Waals surface area contributed by atoms with Crippen LogP contribution in [0.4, 0.5) is 4.79 Å². The van der Waals surface area contributed by atoms with E-state index in [1.165, 1.54) is 0 Å². The van der Waals surface area contributed by atoms with Crippen molar-refractivity contribution in [2.24, 2.45) is 17.3 Å². The van der Waals surface area contributed by atoms with Crippen molar-refractivity contribution in [3.63, 3.8) is 0 Å². The second kappa shape index (κ2) is 17.2. The zero-order valence-electron chi connectivity index (χ0n) is 30.8. The molecular weight excluding hydrogens is 584 g/mol. The summed E-state index contributed by atoms with van der Waals surface area (Å²) in [5.74, 6) is 0.566. The summed E-state index contributed by atoms with van der Waals surface area (Å²) in [6.07, 6.45) is 3.01. The Kier molecular flexibility index (Phi) is 14.9. The van der Waals surface area contributed by atoms with E-state index in [9.17, 15) is 14.7 Å². The number of aliphatic hydroxyl groups is 1. The number of carbonyl (C=O) groups is 2. The smallest absolute Gasteiger partial charge is 0.412 e. The quantitative estimate of drug-likeness (QED) is 0.169. The molecule has 1 aliphatic heterocycles. The van der Waals surface area contributed by atoms with E-state index in [2.05, 4.69) is 33.0 Å². The molecule has 0 bridgehead atoms. The van der Waals surface area contributed by atoms with Crippen LogP contribution in [0.15, 0.2) is 18.2 Å². The van der Waals surface area contributed by atoms with E-state index < -0.39 is 41.1 Å². The number of hydrogen-bond acceptors (Lipinski definition) is 7. The predicted octanol–water partition coefficient (Wildman–Crippen LogP) is 7.43. The van der Waals surface area contributed by atoms with Gasteiger partial charge in [0.2, 0.25) is 5.91 Å². The van der Waals surface area contributed by atoms with Crippen molar-refractivity contribution in [1.29, 1.82) is 0 Å². The number of nitrogens with zero attached hydrogens (tertiary/aromatic N) is 1. The van der Waals surface area contributed by atoms with Crippen LogP contribution in [0.5, 0.6) is 5.75 Å². The van der Waals surface area contributed by atoms with Crippen LogP contribution in [0, 0.1) is 17.3 Å². The molecule has 2 amide bonds. The fraction of sp³-hybridized carbons (Fsp3) is 0.784. The number of nitrogens with one attached hydrogen (secondary N) is 1. The Morgan fingerprint density at radius 3 is 2.33 bits per heavy atom. The minimum atomic E-state index is -0.988. The number of unbranched alkanes of at least 4 members (excludes halogenated alkanes) is 1. The molecule has 1 aromatic rings. The van der Waals surface area contributed by atoms with Gasteiger partial charge in [-0.15, -0.1) is 0 Å². The van der Waals surface area contributed by atoms with Crippen molar-refractivity contribution in [3.05, 3.63) is 29.3 Å². The number of hydrogen-bond donors (Lipinski definition) is 2. The summed E-state index contributed by atoms with van der Waals surface area (Å²) in [6.45, 7) is 22.9. The molecule has 0 aliphatic carbocycles. The first-order chi connectivity index (χ1) is 21.4. The molecule has 1 fully saturated rings. The maximum atomic E-state index is 13.7. The Labute approximate surface area is 279 Å². The SMILES string of the molecule is CCCCC(C)(C)C(=O)NCC1OC(C)(C)N(C(=O)OC(C)(C)C)[C@H]1CC(C(C)C)[C@H](O)c1ccc(CC)c(OCCCOC)c1. The van der Waals surface area contributed by atoms with E-state index in [-0.39, 0.29) is 24.3 Å². The van der Waals surface area contributed by atoms with Crippen LogP contribution in [0.25, 0.3) is 0 Å². The Hall–Kier alpha value is -2.36. The minimum Gasteiger partial charge on any atom is -0.493 e. The number of carbonyl (C=O) groups excluding carboxylic acids is 2. The molecule has 1 saturated heterocycles. The van der Waals surface area contributed by atoms with Crippen LogP contribution >= 0.6 is 0 Å². The van der Waals surface area contributed by atoms with E-state index in [0.717, 1.165) is 49.0 Å². The van der Waals surface area contributed by atoms with Gasteiger partial charge >= 0.3 is 6.09 Å². The zero-order valence-corrected chi connectivity index (χ0v) is 30.8. The molecule has 2 N–H and O–H groups in total. The summed E-state index contributed by atoms with van der Waals surface area (Å²) in [6, 6.07) is 5.49. The second-order valence-electron chi connectivity index (χ2n) is 15.2. The van der Waals surface area contributed by atoms with Crippen molar-refractivity contribution >= 4 is 12.0 Å². The number of benzene rings is 1. The lowest BCUT2D eigenvalue weighted by atomic mass is 9.80. The fourth-order valence-electron chi connectivity index (χ4n) is 6.20. The lowest BCUT2D eigenvalue weighted by Gasteiger charge is -2.38. The van der Waals surface area contributed by atoms with Crippen LogP contribution in [-0.2, 0) is 25.4 Å². The highest BCUT2D eigenvalue weighted by atomic mass is 16.6. The first-order valence-corrected chi connectivity index (χ1v) is 17.3. The summed E-state index contributed by atoms with van der Waals surface area (Å²) in [5, 5.41) is 15.1. The van der Waals surface area contributed by atoms with Crippen molar-refractivity contribution < 1.29 is 33.6 Å². The second-order valence-corrected chi connectivity index (χ2v) is 15.2. The molecule has 46 heavy (non-hydrogen) atoms. The molecule has 0 aromatic heterocycles. The zero-order chi connectivity index (χ0) is 34.9. The van der Waals surface area contributed by atoms with Crippen LogP contribution in [0.3, 0.4) is 0 Å². The van der Waals surface area contributed by atoms with Gasteiger partial charge < -0.3 is 29.4 Å². The average molecular weight is 649 g/mol. The summed E-state index contributed by atoms with van der Waals surface area (Å²) in [7, 11) is 1.67. The third kappa shape index (κ3) is 11.1. The van der Waals surface area contributed by atoms with Gasteiger partial charge in [0, 0.05) is 32.1 Å². The lowest BCUT2D eigenvalue weighted by molar-refractivity contribution is -0.131. The van der Waals surface area contributed by atoms with Crippen LogP contribution in [-0.4, -0.2) is 72.3 Å². The molecule has 0 spiro atoms. The molecular formula is C37H64N2O7. The molecule has 2 unspecified atom stereocenters. The highest BCUT2D eigenvalue weighted by Crippen LogP contribution is 2.41. The van der Waals surface area contributed by atoms with Crippen molar-refractivity contribution in [2.45, 2.75) is 144 Å². The van der Waals surface area contributed by atoms with Gasteiger partial charge in [-0.25, -0.2) is 4.79 Å². The van der Waals surface area contributed by atoms with Gasteiger partial charge in [-0.2, -0.15) is 0 Å². The van der Waals surface area contributed by atoms with Crippen molar-refractivity contribution in [2.75, 3.05) is 26.9 Å². The number of rotatable bonds is 17. The van der Waals surface area contributed by atoms with E-state index in [1.807, 2.05) is 66.7 Å². The molecule has 9 heteroatoms. The van der Waals surface area contributed by atoms with Crippen molar-refractivity contribution in [3.8, 4) is 5.75 Å². The highest BCUT2D eigenvalue weighted by Gasteiger charge is 2.52. The lowest BCUT2D eigenvalue weighted by Crippen LogP contribution is -2.52. The van der Waals surface area contributed by atoms with Crippen LogP contribution in [0.2, 0.25) is 0 Å². The third-order valence-corrected chi connectivity index (χ3v) is 8.94. The van der Waals surface area contributed by atoms with Gasteiger partial charge in [0.15, 0.2) is 0 Å². The van der Waals surface area contributed by atoms with Gasteiger partial charge in [-0.1, -0.05) is 66.5 Å². The van der Waals surface area contributed by atoms with E-state index >= 15 is 0 Å². The molecule has 9 nitrogen and oxygen atoms in total. The number of amides is 2. The van der Waals surface area contributed by atoms with Gasteiger partial charge in [-0.3, -0.25) is 9.69 Å². The third-order valence-electron chi connectivity index (χ3n) is 8.94. The standard InChI is InChI=1S/C37H64N2O7/c1-13-15-19-36(8,9)33(41)38-24-31-29(39(37(10,11)45-31)34(42)46-35(5,6)7)23-28(25(3)4)32(40)27-18-17-26(14-2)30(22-27)44-21-16-20-43-12/h17-18,22,25,28-29,31-32,40H,13-16,19-21,23-24H2,1-12H3,(H,38,41)/t28?,29-,31?,32+/m0/s1. The molecule has 1 aliphatic rings. The first kappa shape index (κ1) is 39.8. The molecule has 4 atom stereocenters. The Bertz CT molecular complexity index is 1110. The number of aryl methyl sites for hydroxylation is 1. The summed E-state index contributed by atoms with van der Waals surface area (Å²) >= 11 is 0. The topological polar surface area (TPSA) is 107 Å². The highest BCUT2D eigenvalue weighted by molar-refractivity contribution is 5.81. The monoisotopic (exact) mass is 648 g/mol.